The van der Waals surface area contributed by atoms with Gasteiger partial charge in [-0.2, -0.15) is 0 Å². The quantitative estimate of drug-likeness (QED) is 0.744. The third-order valence-corrected chi connectivity index (χ3v) is 2.41. The summed E-state index contributed by atoms with van der Waals surface area (Å²) in [4.78, 5) is 15.4. The lowest BCUT2D eigenvalue weighted by Gasteiger charge is -2.11. The Morgan fingerprint density at radius 2 is 2.22 bits per heavy atom. The van der Waals surface area contributed by atoms with Gasteiger partial charge in [0.15, 0.2) is 0 Å². The minimum absolute atomic E-state index is 0.241. The number of carbonyl (C=O) groups excluding carboxylic acids is 1. The predicted molar refractivity (Wildman–Crippen MR) is 68.5 cm³/mol. The van der Waals surface area contributed by atoms with E-state index >= 15 is 0 Å². The standard InChI is InChI=1S/C13H20N2O3/c1-4-14-9-11-12(6-5-10(2)15-11)18-8-7-13(16)17-3/h5-6,14H,4,7-9H2,1-3H3. The van der Waals surface area contributed by atoms with Gasteiger partial charge in [-0.1, -0.05) is 6.92 Å². The summed E-state index contributed by atoms with van der Waals surface area (Å²) in [6.45, 7) is 5.81. The highest BCUT2D eigenvalue weighted by Gasteiger charge is 2.07. The molecule has 0 amide bonds. The molecule has 0 aliphatic rings. The molecule has 1 N–H and O–H groups in total. The van der Waals surface area contributed by atoms with E-state index in [0.29, 0.717) is 18.9 Å². The van der Waals surface area contributed by atoms with Gasteiger partial charge in [-0.3, -0.25) is 9.78 Å². The van der Waals surface area contributed by atoms with E-state index in [4.69, 9.17) is 4.74 Å². The molecule has 0 bridgehead atoms. The van der Waals surface area contributed by atoms with Crippen molar-refractivity contribution in [3.8, 4) is 5.75 Å². The molecule has 1 heterocycles. The fourth-order valence-electron chi connectivity index (χ4n) is 1.45. The van der Waals surface area contributed by atoms with Crippen molar-refractivity contribution in [2.45, 2.75) is 26.8 Å². The van der Waals surface area contributed by atoms with Gasteiger partial charge in [0.05, 0.1) is 25.8 Å². The molecule has 5 nitrogen and oxygen atoms in total. The second kappa shape index (κ2) is 7.66. The highest BCUT2D eigenvalue weighted by Crippen LogP contribution is 2.17. The maximum atomic E-state index is 11.0. The smallest absolute Gasteiger partial charge is 0.308 e. The molecular weight excluding hydrogens is 232 g/mol. The molecule has 0 spiro atoms. The molecule has 0 atom stereocenters. The van der Waals surface area contributed by atoms with Crippen LogP contribution in [0.15, 0.2) is 12.1 Å². The molecule has 0 aromatic carbocycles. The van der Waals surface area contributed by atoms with Gasteiger partial charge in [0.2, 0.25) is 0 Å². The van der Waals surface area contributed by atoms with E-state index in [1.54, 1.807) is 0 Å². The van der Waals surface area contributed by atoms with Gasteiger partial charge in [-0.05, 0) is 25.6 Å². The van der Waals surface area contributed by atoms with Crippen molar-refractivity contribution in [2.75, 3.05) is 20.3 Å². The van der Waals surface area contributed by atoms with E-state index in [2.05, 4.69) is 15.0 Å². The van der Waals surface area contributed by atoms with E-state index in [-0.39, 0.29) is 12.4 Å². The zero-order valence-electron chi connectivity index (χ0n) is 11.2. The first kappa shape index (κ1) is 14.4. The predicted octanol–water partition coefficient (Wildman–Crippen LogP) is 1.44. The topological polar surface area (TPSA) is 60.5 Å². The summed E-state index contributed by atoms with van der Waals surface area (Å²) in [5, 5.41) is 3.21. The summed E-state index contributed by atoms with van der Waals surface area (Å²) in [5.41, 5.74) is 1.81. The second-order valence-electron chi connectivity index (χ2n) is 3.85. The Bertz CT molecular complexity index is 394. The number of carbonyl (C=O) groups is 1. The Morgan fingerprint density at radius 3 is 2.89 bits per heavy atom. The molecule has 0 radical (unpaired) electrons. The Labute approximate surface area is 108 Å². The third kappa shape index (κ3) is 4.71. The third-order valence-electron chi connectivity index (χ3n) is 2.41. The average molecular weight is 252 g/mol. The van der Waals surface area contributed by atoms with E-state index in [9.17, 15) is 4.79 Å². The van der Waals surface area contributed by atoms with Crippen LogP contribution in [0, 0.1) is 6.92 Å². The van der Waals surface area contributed by atoms with E-state index < -0.39 is 0 Å². The molecule has 5 heteroatoms. The van der Waals surface area contributed by atoms with Gasteiger partial charge in [0, 0.05) is 12.2 Å². The molecule has 0 aliphatic carbocycles. The Balaban J connectivity index is 2.60. The van der Waals surface area contributed by atoms with Gasteiger partial charge >= 0.3 is 5.97 Å². The van der Waals surface area contributed by atoms with Crippen LogP contribution >= 0.6 is 0 Å². The van der Waals surface area contributed by atoms with Crippen LogP contribution in [0.3, 0.4) is 0 Å². The van der Waals surface area contributed by atoms with Crippen molar-refractivity contribution in [3.63, 3.8) is 0 Å². The van der Waals surface area contributed by atoms with E-state index in [0.717, 1.165) is 17.9 Å². The van der Waals surface area contributed by atoms with Crippen molar-refractivity contribution >= 4 is 5.97 Å². The number of hydrogen-bond acceptors (Lipinski definition) is 5. The number of aryl methyl sites for hydroxylation is 1. The highest BCUT2D eigenvalue weighted by molar-refractivity contribution is 5.69. The largest absolute Gasteiger partial charge is 0.491 e. The van der Waals surface area contributed by atoms with Gasteiger partial charge in [-0.25, -0.2) is 0 Å². The fourth-order valence-corrected chi connectivity index (χ4v) is 1.45. The van der Waals surface area contributed by atoms with Crippen LogP contribution in [0.4, 0.5) is 0 Å². The van der Waals surface area contributed by atoms with Crippen LogP contribution in [-0.4, -0.2) is 31.2 Å². The van der Waals surface area contributed by atoms with Crippen LogP contribution in [-0.2, 0) is 16.1 Å². The number of pyridine rings is 1. The van der Waals surface area contributed by atoms with Crippen LogP contribution in [0.25, 0.3) is 0 Å². The number of nitrogens with one attached hydrogen (secondary N) is 1. The molecule has 0 saturated carbocycles. The normalized spacial score (nSPS) is 10.2. The van der Waals surface area contributed by atoms with Crippen LogP contribution < -0.4 is 10.1 Å². The van der Waals surface area contributed by atoms with Crippen molar-refractivity contribution in [2.24, 2.45) is 0 Å². The van der Waals surface area contributed by atoms with Crippen molar-refractivity contribution < 1.29 is 14.3 Å². The van der Waals surface area contributed by atoms with E-state index in [1.807, 2.05) is 26.0 Å². The van der Waals surface area contributed by atoms with Crippen LogP contribution in [0.5, 0.6) is 5.75 Å². The van der Waals surface area contributed by atoms with Crippen molar-refractivity contribution in [3.05, 3.63) is 23.5 Å². The summed E-state index contributed by atoms with van der Waals surface area (Å²) in [5.74, 6) is 0.439. The number of rotatable bonds is 7. The van der Waals surface area contributed by atoms with Crippen molar-refractivity contribution in [1.82, 2.24) is 10.3 Å². The number of esters is 1. The summed E-state index contributed by atoms with van der Waals surface area (Å²) in [6.07, 6.45) is 0.241. The van der Waals surface area contributed by atoms with Crippen LogP contribution in [0.1, 0.15) is 24.7 Å². The molecule has 0 unspecified atom stereocenters. The molecule has 0 saturated heterocycles. The van der Waals surface area contributed by atoms with Crippen LogP contribution in [0.2, 0.25) is 0 Å². The Hall–Kier alpha value is -1.62. The zero-order chi connectivity index (χ0) is 13.4. The highest BCUT2D eigenvalue weighted by atomic mass is 16.5. The number of nitrogens with zero attached hydrogens (tertiary/aromatic N) is 1. The summed E-state index contributed by atoms with van der Waals surface area (Å²) >= 11 is 0. The van der Waals surface area contributed by atoms with Gasteiger partial charge < -0.3 is 14.8 Å². The Morgan fingerprint density at radius 1 is 1.44 bits per heavy atom. The average Bonchev–Trinajstić information content (AvgIpc) is 2.38. The number of methoxy groups -OCH3 is 1. The molecular formula is C13H20N2O3. The maximum absolute atomic E-state index is 11.0. The lowest BCUT2D eigenvalue weighted by molar-refractivity contribution is -0.141. The SMILES string of the molecule is CCNCc1nc(C)ccc1OCCC(=O)OC. The zero-order valence-corrected chi connectivity index (χ0v) is 11.2. The van der Waals surface area contributed by atoms with E-state index in [1.165, 1.54) is 7.11 Å². The number of aromatic nitrogens is 1. The number of hydrogen-bond donors (Lipinski definition) is 1. The fraction of sp³-hybridized carbons (Fsp3) is 0.538. The lowest BCUT2D eigenvalue weighted by atomic mass is 10.3. The maximum Gasteiger partial charge on any atom is 0.308 e. The Kier molecular flexibility index (Phi) is 6.14. The minimum atomic E-state index is -0.275. The van der Waals surface area contributed by atoms with Crippen molar-refractivity contribution in [1.29, 1.82) is 0 Å². The molecule has 0 fully saturated rings. The first-order valence-corrected chi connectivity index (χ1v) is 6.04. The first-order chi connectivity index (χ1) is 8.67. The summed E-state index contributed by atoms with van der Waals surface area (Å²) < 4.78 is 10.1. The first-order valence-electron chi connectivity index (χ1n) is 6.04. The summed E-state index contributed by atoms with van der Waals surface area (Å²) in [6, 6.07) is 3.77. The molecule has 1 aromatic rings. The summed E-state index contributed by atoms with van der Waals surface area (Å²) in [7, 11) is 1.37. The lowest BCUT2D eigenvalue weighted by Crippen LogP contribution is -2.15. The molecule has 0 aliphatic heterocycles. The second-order valence-corrected chi connectivity index (χ2v) is 3.85. The molecule has 18 heavy (non-hydrogen) atoms. The number of ether oxygens (including phenoxy) is 2. The van der Waals surface area contributed by atoms with Gasteiger partial charge in [0.1, 0.15) is 5.75 Å². The van der Waals surface area contributed by atoms with Gasteiger partial charge in [-0.15, -0.1) is 0 Å². The van der Waals surface area contributed by atoms with Gasteiger partial charge in [0.25, 0.3) is 0 Å². The molecule has 1 aromatic heterocycles. The monoisotopic (exact) mass is 252 g/mol. The minimum Gasteiger partial charge on any atom is -0.491 e. The molecule has 1 rings (SSSR count). The molecule has 100 valence electrons.